The first-order chi connectivity index (χ1) is 60.7. The quantitative estimate of drug-likeness (QED) is 0.0284. The summed E-state index contributed by atoms with van der Waals surface area (Å²) >= 11 is 0. The molecule has 11 rings (SSSR count). The zero-order valence-electron chi connectivity index (χ0n) is 67.7. The Morgan fingerprint density at radius 2 is 0.508 bits per heavy atom. The van der Waals surface area contributed by atoms with E-state index in [1.165, 1.54) is 0 Å². The van der Waals surface area contributed by atoms with E-state index < -0.39 is 422 Å². The van der Waals surface area contributed by atoms with Crippen molar-refractivity contribution in [3.63, 3.8) is 0 Å². The van der Waals surface area contributed by atoms with Crippen LogP contribution in [-0.2, 0) is 109 Å². The maximum atomic E-state index is 13.1. The van der Waals surface area contributed by atoms with Crippen LogP contribution in [0.25, 0.3) is 0 Å². The van der Waals surface area contributed by atoms with Gasteiger partial charge in [0, 0.05) is 13.8 Å². The molecule has 0 saturated carbocycles. The van der Waals surface area contributed by atoms with Crippen molar-refractivity contribution >= 4 is 11.8 Å². The number of aliphatic hydroxyl groups excluding tert-OH is 33. The van der Waals surface area contributed by atoms with E-state index in [-0.39, 0.29) is 0 Å². The molecule has 0 bridgehead atoms. The fraction of sp³-hybridized carbons (Fsp3) is 0.971. The third-order valence-electron chi connectivity index (χ3n) is 23.7. The van der Waals surface area contributed by atoms with Crippen LogP contribution in [0.15, 0.2) is 0 Å². The van der Waals surface area contributed by atoms with Crippen molar-refractivity contribution in [1.29, 1.82) is 0 Å². The van der Waals surface area contributed by atoms with Gasteiger partial charge in [-0.1, -0.05) is 0 Å². The number of nitrogens with one attached hydrogen (secondary N) is 2. The predicted octanol–water partition coefficient (Wildman–Crippen LogP) is -24.7. The number of rotatable bonds is 34. The number of hydrogen-bond acceptors (Lipinski definition) is 56. The minimum atomic E-state index is -2.69. The van der Waals surface area contributed by atoms with Crippen molar-refractivity contribution in [2.75, 3.05) is 72.7 Å². The Balaban J connectivity index is 0.960. The van der Waals surface area contributed by atoms with E-state index in [4.69, 9.17) is 99.5 Å². The Kier molecular flexibility index (Phi) is 37.7. The zero-order chi connectivity index (χ0) is 94.0. The molecule has 35 N–H and O–H groups in total. The fourth-order valence-electron chi connectivity index (χ4n) is 16.5. The molecule has 128 heavy (non-hydrogen) atoms. The van der Waals surface area contributed by atoms with E-state index in [0.717, 1.165) is 13.8 Å². The second-order valence-corrected chi connectivity index (χ2v) is 32.3. The highest BCUT2D eigenvalue weighted by molar-refractivity contribution is 5.73. The molecule has 11 fully saturated rings. The molecule has 11 heterocycles. The summed E-state index contributed by atoms with van der Waals surface area (Å²) in [6.45, 7) is -10.9. The number of amides is 2. The van der Waals surface area contributed by atoms with Crippen LogP contribution in [-0.4, -0.2) is 591 Å². The molecule has 2 amide bonds. The van der Waals surface area contributed by atoms with Crippen molar-refractivity contribution in [3.8, 4) is 0 Å². The molecular formula is C70H118N2O56. The highest BCUT2D eigenvalue weighted by atomic mass is 16.8. The SMILES string of the molecule is CC(=O)NC1C(O)OC(CO)C(OC2OC(CO)C(OC3OC(COC4OC(COC5OC(CO)C(O)C(O)C5OC5OC(CO)C(O)C(O)C5O)C(O)C(OC5OC(CO)C(O)C(O)C5OC5OC(C(O)CO)C(O)C5O)C4O)C(O)C(OC4OC(CO)C(O)C(O)C4OC4OC(CO)C(O)C(O)C4OC4OC(CO)C(O)C(O)C4O)C3O)C(O)C2NC(C)=O)C1O. The maximum Gasteiger partial charge on any atom is 0.217 e. The van der Waals surface area contributed by atoms with Crippen molar-refractivity contribution < 1.29 is 278 Å². The molecule has 0 aromatic rings. The van der Waals surface area contributed by atoms with Gasteiger partial charge in [0.05, 0.1) is 72.7 Å². The topological polar surface area (TPSA) is 920 Å². The van der Waals surface area contributed by atoms with Gasteiger partial charge >= 0.3 is 0 Å². The first-order valence-corrected chi connectivity index (χ1v) is 40.7. The second kappa shape index (κ2) is 45.8. The summed E-state index contributed by atoms with van der Waals surface area (Å²) in [5.74, 6) is -1.82. The molecule has 55 atom stereocenters. The van der Waals surface area contributed by atoms with Crippen LogP contribution in [0.2, 0.25) is 0 Å². The van der Waals surface area contributed by atoms with Crippen LogP contribution in [0.1, 0.15) is 13.8 Å². The Hall–Kier alpha value is -3.22. The van der Waals surface area contributed by atoms with Crippen LogP contribution in [0, 0.1) is 0 Å². The van der Waals surface area contributed by atoms with Crippen molar-refractivity contribution in [3.05, 3.63) is 0 Å². The van der Waals surface area contributed by atoms with Crippen molar-refractivity contribution in [2.24, 2.45) is 0 Å². The second-order valence-electron chi connectivity index (χ2n) is 32.3. The molecule has 11 aliphatic heterocycles. The average molecular weight is 1880 g/mol. The van der Waals surface area contributed by atoms with Gasteiger partial charge in [0.15, 0.2) is 69.2 Å². The van der Waals surface area contributed by atoms with Crippen LogP contribution in [0.4, 0.5) is 0 Å². The van der Waals surface area contributed by atoms with E-state index in [9.17, 15) is 178 Å². The summed E-state index contributed by atoms with van der Waals surface area (Å²) < 4.78 is 124. The summed E-state index contributed by atoms with van der Waals surface area (Å²) in [4.78, 5) is 25.4. The van der Waals surface area contributed by atoms with Crippen LogP contribution >= 0.6 is 0 Å². The van der Waals surface area contributed by atoms with Gasteiger partial charge in [0.2, 0.25) is 11.8 Å². The lowest BCUT2D eigenvalue weighted by Gasteiger charge is -2.51. The van der Waals surface area contributed by atoms with Crippen LogP contribution in [0.3, 0.4) is 0 Å². The number of ether oxygens (including phenoxy) is 21. The average Bonchev–Trinajstić information content (AvgIpc) is 1.70. The van der Waals surface area contributed by atoms with Gasteiger partial charge in [-0.25, -0.2) is 0 Å². The molecule has 0 aromatic carbocycles. The number of carbonyl (C=O) groups is 2. The van der Waals surface area contributed by atoms with E-state index in [0.29, 0.717) is 0 Å². The molecule has 0 radical (unpaired) electrons. The van der Waals surface area contributed by atoms with Gasteiger partial charge in [0.25, 0.3) is 0 Å². The molecule has 744 valence electrons. The van der Waals surface area contributed by atoms with E-state index in [2.05, 4.69) is 10.6 Å². The molecule has 55 unspecified atom stereocenters. The Morgan fingerprint density at radius 1 is 0.242 bits per heavy atom. The molecule has 0 aromatic heterocycles. The largest absolute Gasteiger partial charge is 0.394 e. The standard InChI is InChI=1S/C70H118N2O56/c1-14(82)71-27-37(93)52(23(10-80)110-60(27)107)121-61-28(72-15(2)83)38(94)53(24(11-81)117-61)122-66-50(106)55(124-69-59(44(100)34(90)21(8-78)115-69)128-70-58(43(99)33(89)22(9-79)116-70)126-64-47(103)40(96)30(86)18(5-75)112-64)36(92)26(119-66)12-108-62-49(105)54(123-68-57(42(98)32(88)20(7-77)114-68)127-65-48(104)45(101)51(120-65)16(84)3-73)35(91)25(118-62)13-109-67-56(41(97)31(87)19(6-76)113-67)125-63-46(102)39(95)29(85)17(4-74)111-63/h16-70,73-81,84-107H,3-13H2,1-2H3,(H,71,82)(H,72,83). The Morgan fingerprint density at radius 3 is 0.898 bits per heavy atom. The highest BCUT2D eigenvalue weighted by Crippen LogP contribution is 2.42. The third-order valence-corrected chi connectivity index (χ3v) is 23.7. The molecular weight excluding hydrogens is 1760 g/mol. The molecule has 0 aliphatic carbocycles. The predicted molar refractivity (Wildman–Crippen MR) is 386 cm³/mol. The van der Waals surface area contributed by atoms with E-state index in [1.807, 2.05) is 0 Å². The van der Waals surface area contributed by atoms with Gasteiger partial charge in [-0.15, -0.1) is 0 Å². The summed E-state index contributed by atoms with van der Waals surface area (Å²) in [5.41, 5.74) is 0. The molecule has 58 heteroatoms. The maximum absolute atomic E-state index is 13.1. The minimum Gasteiger partial charge on any atom is -0.394 e. The normalized spacial score (nSPS) is 51.3. The summed E-state index contributed by atoms with van der Waals surface area (Å²) in [6, 6.07) is -3.71. The number of carbonyl (C=O) groups excluding carboxylic acids is 2. The minimum absolute atomic E-state index is 0.824. The molecule has 58 nitrogen and oxygen atoms in total. The van der Waals surface area contributed by atoms with Gasteiger partial charge in [-0.05, 0) is 0 Å². The first-order valence-electron chi connectivity index (χ1n) is 40.7. The smallest absolute Gasteiger partial charge is 0.217 e. The molecule has 11 saturated heterocycles. The van der Waals surface area contributed by atoms with Crippen LogP contribution < -0.4 is 10.6 Å². The monoisotopic (exact) mass is 1880 g/mol. The van der Waals surface area contributed by atoms with Gasteiger partial charge in [0.1, 0.15) is 268 Å². The summed E-state index contributed by atoms with van der Waals surface area (Å²) in [5, 5.41) is 372. The van der Waals surface area contributed by atoms with E-state index >= 15 is 0 Å². The summed E-state index contributed by atoms with van der Waals surface area (Å²) in [7, 11) is 0. The zero-order valence-corrected chi connectivity index (χ0v) is 67.7. The number of aliphatic hydroxyl groups is 33. The third kappa shape index (κ3) is 22.5. The van der Waals surface area contributed by atoms with Gasteiger partial charge < -0.3 is 279 Å². The first kappa shape index (κ1) is 105. The van der Waals surface area contributed by atoms with Gasteiger partial charge in [-0.3, -0.25) is 9.59 Å². The lowest BCUT2D eigenvalue weighted by Crippen LogP contribution is -2.70. The Labute approximate surface area is 722 Å². The van der Waals surface area contributed by atoms with Gasteiger partial charge in [-0.2, -0.15) is 0 Å². The molecule has 11 aliphatic rings. The lowest BCUT2D eigenvalue weighted by molar-refractivity contribution is -0.408. The highest BCUT2D eigenvalue weighted by Gasteiger charge is 2.63. The fourth-order valence-corrected chi connectivity index (χ4v) is 16.5. The number of hydrogen-bond donors (Lipinski definition) is 35. The Bertz CT molecular complexity index is 3390. The van der Waals surface area contributed by atoms with Crippen molar-refractivity contribution in [2.45, 2.75) is 351 Å². The molecule has 0 spiro atoms. The summed E-state index contributed by atoms with van der Waals surface area (Å²) in [6.07, 6.45) is -117. The lowest BCUT2D eigenvalue weighted by atomic mass is 9.94. The van der Waals surface area contributed by atoms with Crippen LogP contribution in [0.5, 0.6) is 0 Å². The van der Waals surface area contributed by atoms with Crippen molar-refractivity contribution in [1.82, 2.24) is 10.6 Å². The van der Waals surface area contributed by atoms with E-state index in [1.54, 1.807) is 0 Å².